The van der Waals surface area contributed by atoms with Crippen LogP contribution in [-0.2, 0) is 11.7 Å². The molecule has 40 heavy (non-hydrogen) atoms. The Hall–Kier alpha value is -3.64. The van der Waals surface area contributed by atoms with Crippen LogP contribution < -0.4 is 15.6 Å². The third kappa shape index (κ3) is 6.07. The van der Waals surface area contributed by atoms with Crippen molar-refractivity contribution >= 4 is 69.2 Å². The second kappa shape index (κ2) is 10.7. The second-order valence-corrected chi connectivity index (χ2v) is 9.42. The van der Waals surface area contributed by atoms with Gasteiger partial charge in [0.1, 0.15) is 11.4 Å². The van der Waals surface area contributed by atoms with Crippen LogP contribution >= 0.6 is 23.2 Å². The third-order valence-electron chi connectivity index (χ3n) is 5.61. The SMILES string of the molecule is [B]C([B])([B])c1nc2c(C)ccc(NC(=O)c3cc(Cl)c(O)c(Cl)n3)c2c(=O)n1Cc1ccccc1OC(F)(F)F. The van der Waals surface area contributed by atoms with Crippen LogP contribution in [0.4, 0.5) is 18.9 Å². The van der Waals surface area contributed by atoms with Gasteiger partial charge in [0.05, 0.1) is 57.5 Å². The van der Waals surface area contributed by atoms with Crippen molar-refractivity contribution in [2.75, 3.05) is 5.32 Å². The molecule has 0 saturated carbocycles. The molecule has 0 fully saturated rings. The van der Waals surface area contributed by atoms with E-state index in [1.54, 1.807) is 13.0 Å². The monoisotopic (exact) mass is 582 g/mol. The number of anilines is 1. The topological polar surface area (TPSA) is 106 Å². The molecule has 0 aliphatic carbocycles. The largest absolute Gasteiger partial charge is 0.573 e. The normalized spacial score (nSPS) is 11.9. The first-order valence-electron chi connectivity index (χ1n) is 11.2. The summed E-state index contributed by atoms with van der Waals surface area (Å²) in [6.07, 6.45) is -5.01. The predicted octanol–water partition coefficient (Wildman–Crippen LogP) is 3.93. The number of alkyl halides is 3. The minimum Gasteiger partial charge on any atom is -0.504 e. The summed E-state index contributed by atoms with van der Waals surface area (Å²) in [7, 11) is 17.7. The number of rotatable bonds is 6. The van der Waals surface area contributed by atoms with Crippen LogP contribution in [0, 0.1) is 6.92 Å². The average Bonchev–Trinajstić information content (AvgIpc) is 2.84. The number of aromatic nitrogens is 3. The Balaban J connectivity index is 1.90. The first-order valence-corrected chi connectivity index (χ1v) is 11.9. The maximum absolute atomic E-state index is 13.9. The van der Waals surface area contributed by atoms with E-state index in [4.69, 9.17) is 46.7 Å². The van der Waals surface area contributed by atoms with Crippen molar-refractivity contribution in [3.8, 4) is 11.5 Å². The van der Waals surface area contributed by atoms with Crippen LogP contribution in [0.2, 0.25) is 10.2 Å². The zero-order valence-corrected chi connectivity index (χ0v) is 21.9. The first kappa shape index (κ1) is 29.3. The molecule has 8 nitrogen and oxygen atoms in total. The van der Waals surface area contributed by atoms with Crippen LogP contribution in [0.25, 0.3) is 10.9 Å². The van der Waals surface area contributed by atoms with Crippen molar-refractivity contribution in [2.45, 2.75) is 24.9 Å². The lowest BCUT2D eigenvalue weighted by atomic mass is 9.42. The molecule has 0 aliphatic rings. The summed E-state index contributed by atoms with van der Waals surface area (Å²) in [5.74, 6) is -2.30. The van der Waals surface area contributed by atoms with E-state index in [9.17, 15) is 27.9 Å². The molecule has 16 heteroatoms. The van der Waals surface area contributed by atoms with Crippen LogP contribution in [-0.4, -0.2) is 55.4 Å². The molecule has 2 aromatic carbocycles. The number of carbonyl (C=O) groups is 1. The molecule has 0 saturated heterocycles. The second-order valence-electron chi connectivity index (χ2n) is 8.65. The van der Waals surface area contributed by atoms with Crippen LogP contribution in [0.15, 0.2) is 47.3 Å². The summed E-state index contributed by atoms with van der Waals surface area (Å²) in [5.41, 5.74) is -0.686. The standard InChI is InChI=1S/C24H14B3Cl2F3N4O4/c1-10-6-7-13(34-20(38)14-8-12(28)18(37)19(29)33-14)16-17(10)35-22(23(25,26)27)36(21(16)39)9-11-4-2-3-5-15(11)40-24(30,31)32/h2-8,37H,9H2,1H3,(H,34,38). The number of halogens is 5. The van der Waals surface area contributed by atoms with Gasteiger partial charge in [0, 0.05) is 5.56 Å². The van der Waals surface area contributed by atoms with Gasteiger partial charge in [-0.05, 0) is 30.7 Å². The van der Waals surface area contributed by atoms with Crippen LogP contribution in [0.5, 0.6) is 11.5 Å². The Morgan fingerprint density at radius 1 is 1.12 bits per heavy atom. The van der Waals surface area contributed by atoms with E-state index < -0.39 is 46.1 Å². The fourth-order valence-electron chi connectivity index (χ4n) is 3.84. The lowest BCUT2D eigenvalue weighted by Gasteiger charge is -2.26. The Morgan fingerprint density at radius 3 is 2.42 bits per heavy atom. The van der Waals surface area contributed by atoms with E-state index in [2.05, 4.69) is 20.0 Å². The number of nitrogens with one attached hydrogen (secondary N) is 1. The summed E-state index contributed by atoms with van der Waals surface area (Å²) in [6, 6.07) is 9.14. The predicted molar refractivity (Wildman–Crippen MR) is 146 cm³/mol. The van der Waals surface area contributed by atoms with Gasteiger partial charge in [0.15, 0.2) is 10.9 Å². The number of aromatic hydroxyl groups is 1. The number of hydrogen-bond acceptors (Lipinski definition) is 6. The van der Waals surface area contributed by atoms with Crippen molar-refractivity contribution in [1.82, 2.24) is 14.5 Å². The van der Waals surface area contributed by atoms with E-state index in [0.717, 1.165) is 16.7 Å². The number of amides is 1. The Kier molecular flexibility index (Phi) is 7.88. The van der Waals surface area contributed by atoms with Crippen molar-refractivity contribution in [1.29, 1.82) is 0 Å². The van der Waals surface area contributed by atoms with Crippen molar-refractivity contribution in [3.05, 3.63) is 85.6 Å². The molecular formula is C24H14B3Cl2F3N4O4. The lowest BCUT2D eigenvalue weighted by molar-refractivity contribution is -0.274. The van der Waals surface area contributed by atoms with E-state index >= 15 is 0 Å². The van der Waals surface area contributed by atoms with Crippen molar-refractivity contribution in [3.63, 3.8) is 0 Å². The van der Waals surface area contributed by atoms with E-state index in [1.807, 2.05) is 0 Å². The van der Waals surface area contributed by atoms with Gasteiger partial charge in [-0.25, -0.2) is 9.97 Å². The Bertz CT molecular complexity index is 1690. The molecule has 0 spiro atoms. The van der Waals surface area contributed by atoms with Gasteiger partial charge in [0.2, 0.25) is 0 Å². The molecule has 6 radical (unpaired) electrons. The number of benzene rings is 2. The fourth-order valence-corrected chi connectivity index (χ4v) is 4.28. The number of ether oxygens (including phenoxy) is 1. The zero-order valence-electron chi connectivity index (χ0n) is 20.4. The molecule has 0 aliphatic heterocycles. The molecule has 0 unspecified atom stereocenters. The zero-order chi connectivity index (χ0) is 29.6. The van der Waals surface area contributed by atoms with E-state index in [-0.39, 0.29) is 38.7 Å². The molecule has 4 aromatic rings. The molecule has 0 bridgehead atoms. The first-order chi connectivity index (χ1) is 18.6. The highest BCUT2D eigenvalue weighted by molar-refractivity contribution is 6.58. The summed E-state index contributed by atoms with van der Waals surface area (Å²) < 4.78 is 44.0. The van der Waals surface area contributed by atoms with Crippen LogP contribution in [0.1, 0.15) is 27.4 Å². The average molecular weight is 583 g/mol. The van der Waals surface area contributed by atoms with Crippen molar-refractivity contribution < 1.29 is 27.8 Å². The number of pyridine rings is 1. The Labute approximate surface area is 238 Å². The summed E-state index contributed by atoms with van der Waals surface area (Å²) in [6.45, 7) is 1.09. The molecular weight excluding hydrogens is 569 g/mol. The van der Waals surface area contributed by atoms with Gasteiger partial charge in [-0.3, -0.25) is 14.2 Å². The van der Waals surface area contributed by atoms with Gasteiger partial charge in [-0.2, -0.15) is 0 Å². The fraction of sp³-hybridized carbons (Fsp3) is 0.167. The number of aryl methyl sites for hydroxylation is 1. The molecule has 2 aromatic heterocycles. The van der Waals surface area contributed by atoms with Gasteiger partial charge >= 0.3 is 6.36 Å². The van der Waals surface area contributed by atoms with Gasteiger partial charge in [-0.15, -0.1) is 13.2 Å². The summed E-state index contributed by atoms with van der Waals surface area (Å²) >= 11 is 11.7. The maximum atomic E-state index is 13.9. The van der Waals surface area contributed by atoms with E-state index in [1.165, 1.54) is 24.3 Å². The van der Waals surface area contributed by atoms with Gasteiger partial charge in [0.25, 0.3) is 11.5 Å². The van der Waals surface area contributed by atoms with E-state index in [0.29, 0.717) is 5.56 Å². The minimum atomic E-state index is -5.01. The molecule has 1 amide bonds. The highest BCUT2D eigenvalue weighted by Crippen LogP contribution is 2.32. The number of nitrogens with zero attached hydrogens (tertiary/aromatic N) is 3. The number of fused-ring (bicyclic) bond motifs is 1. The number of hydrogen-bond donors (Lipinski definition) is 2. The maximum Gasteiger partial charge on any atom is 0.573 e. The number of para-hydroxylation sites is 1. The number of carbonyl (C=O) groups excluding carboxylic acids is 1. The molecule has 4 rings (SSSR count). The lowest BCUT2D eigenvalue weighted by Crippen LogP contribution is -2.38. The van der Waals surface area contributed by atoms with Gasteiger partial charge in [-0.1, -0.05) is 52.6 Å². The molecule has 2 N–H and O–H groups in total. The Morgan fingerprint density at radius 2 is 1.80 bits per heavy atom. The third-order valence-corrected chi connectivity index (χ3v) is 6.16. The minimum absolute atomic E-state index is 0.0398. The van der Waals surface area contributed by atoms with Gasteiger partial charge < -0.3 is 15.2 Å². The molecule has 2 heterocycles. The molecule has 198 valence electrons. The highest BCUT2D eigenvalue weighted by Gasteiger charge is 2.32. The summed E-state index contributed by atoms with van der Waals surface area (Å²) in [5, 5.41) is 9.25. The van der Waals surface area contributed by atoms with Crippen molar-refractivity contribution in [2.24, 2.45) is 0 Å². The highest BCUT2D eigenvalue weighted by atomic mass is 35.5. The smallest absolute Gasteiger partial charge is 0.504 e. The van der Waals surface area contributed by atoms with Crippen LogP contribution in [0.3, 0.4) is 0 Å². The molecule has 0 atom stereocenters. The quantitative estimate of drug-likeness (QED) is 0.264. The summed E-state index contributed by atoms with van der Waals surface area (Å²) in [4.78, 5) is 35.0.